The van der Waals surface area contributed by atoms with E-state index in [-0.39, 0.29) is 5.91 Å². The molecule has 1 rings (SSSR count). The van der Waals surface area contributed by atoms with Crippen molar-refractivity contribution in [3.63, 3.8) is 0 Å². The molecule has 17 heavy (non-hydrogen) atoms. The monoisotopic (exact) mass is 235 g/mol. The lowest BCUT2D eigenvalue weighted by Gasteiger charge is -2.12. The molecule has 0 aliphatic carbocycles. The third kappa shape index (κ3) is 4.34. The molecule has 0 heterocycles. The molecule has 0 aromatic heterocycles. The van der Waals surface area contributed by atoms with Crippen molar-refractivity contribution in [2.45, 2.75) is 26.7 Å². The second kappa shape index (κ2) is 6.78. The van der Waals surface area contributed by atoms with Crippen LogP contribution in [0.2, 0.25) is 0 Å². The summed E-state index contributed by atoms with van der Waals surface area (Å²) in [5, 5.41) is 6.04. The molecule has 0 saturated carbocycles. The third-order valence-corrected chi connectivity index (χ3v) is 2.53. The average molecular weight is 235 g/mol. The summed E-state index contributed by atoms with van der Waals surface area (Å²) in [6, 6.07) is 5.77. The van der Waals surface area contributed by atoms with Crippen molar-refractivity contribution < 1.29 is 4.79 Å². The molecule has 4 nitrogen and oxygen atoms in total. The number of nitrogens with two attached hydrogens (primary N) is 1. The quantitative estimate of drug-likeness (QED) is 0.660. The lowest BCUT2D eigenvalue weighted by atomic mass is 10.1. The van der Waals surface area contributed by atoms with Gasteiger partial charge in [-0.15, -0.1) is 0 Å². The zero-order chi connectivity index (χ0) is 12.7. The predicted molar refractivity (Wildman–Crippen MR) is 72.0 cm³/mol. The number of hydrogen-bond acceptors (Lipinski definition) is 3. The number of carbonyl (C=O) groups excluding carboxylic acids is 1. The molecule has 94 valence electrons. The number of benzene rings is 1. The minimum Gasteiger partial charge on any atom is -0.397 e. The fraction of sp³-hybridized carbons (Fsp3) is 0.462. The van der Waals surface area contributed by atoms with E-state index in [4.69, 9.17) is 5.73 Å². The Kier molecular flexibility index (Phi) is 5.33. The van der Waals surface area contributed by atoms with Crippen molar-refractivity contribution in [3.8, 4) is 0 Å². The van der Waals surface area contributed by atoms with Crippen molar-refractivity contribution >= 4 is 17.3 Å². The van der Waals surface area contributed by atoms with Crippen LogP contribution in [0.1, 0.15) is 25.3 Å². The van der Waals surface area contributed by atoms with Gasteiger partial charge in [0.1, 0.15) is 0 Å². The van der Waals surface area contributed by atoms with E-state index in [1.165, 1.54) is 0 Å². The van der Waals surface area contributed by atoms with Gasteiger partial charge in [-0.2, -0.15) is 0 Å². The molecular weight excluding hydrogens is 214 g/mol. The summed E-state index contributed by atoms with van der Waals surface area (Å²) >= 11 is 0. The Morgan fingerprint density at radius 3 is 2.76 bits per heavy atom. The van der Waals surface area contributed by atoms with Gasteiger partial charge in [0.25, 0.3) is 0 Å². The van der Waals surface area contributed by atoms with Crippen molar-refractivity contribution in [2.24, 2.45) is 0 Å². The molecule has 0 unspecified atom stereocenters. The fourth-order valence-corrected chi connectivity index (χ4v) is 1.59. The number of hydrogen-bond donors (Lipinski definition) is 3. The van der Waals surface area contributed by atoms with Gasteiger partial charge in [0.15, 0.2) is 0 Å². The number of anilines is 2. The van der Waals surface area contributed by atoms with E-state index >= 15 is 0 Å². The molecule has 1 aromatic rings. The summed E-state index contributed by atoms with van der Waals surface area (Å²) in [6.07, 6.45) is 1.43. The Morgan fingerprint density at radius 2 is 2.12 bits per heavy atom. The Labute approximate surface area is 103 Å². The zero-order valence-electron chi connectivity index (χ0n) is 10.5. The lowest BCUT2D eigenvalue weighted by Crippen LogP contribution is -2.26. The summed E-state index contributed by atoms with van der Waals surface area (Å²) in [5.41, 5.74) is 8.60. The lowest BCUT2D eigenvalue weighted by molar-refractivity contribution is -0.120. The van der Waals surface area contributed by atoms with E-state index in [1.54, 1.807) is 0 Å². The van der Waals surface area contributed by atoms with Crippen LogP contribution < -0.4 is 16.4 Å². The third-order valence-electron chi connectivity index (χ3n) is 2.53. The van der Waals surface area contributed by atoms with E-state index in [9.17, 15) is 4.79 Å². The molecule has 0 bridgehead atoms. The van der Waals surface area contributed by atoms with Gasteiger partial charge in [-0.1, -0.05) is 19.1 Å². The molecule has 0 atom stereocenters. The first-order valence-corrected chi connectivity index (χ1v) is 6.00. The van der Waals surface area contributed by atoms with Crippen LogP contribution in [0.25, 0.3) is 0 Å². The number of nitrogens with one attached hydrogen (secondary N) is 2. The zero-order valence-corrected chi connectivity index (χ0v) is 10.5. The number of rotatable bonds is 6. The smallest absolute Gasteiger partial charge is 0.221 e. The number of para-hydroxylation sites is 1. The molecular formula is C13H21N3O. The van der Waals surface area contributed by atoms with Gasteiger partial charge in [-0.3, -0.25) is 4.79 Å². The van der Waals surface area contributed by atoms with Crippen LogP contribution in [0.15, 0.2) is 18.2 Å². The maximum absolute atomic E-state index is 11.4. The molecule has 0 spiro atoms. The molecule has 0 fully saturated rings. The first kappa shape index (κ1) is 13.4. The summed E-state index contributed by atoms with van der Waals surface area (Å²) in [6.45, 7) is 5.37. The van der Waals surface area contributed by atoms with Crippen LogP contribution in [0.5, 0.6) is 0 Å². The van der Waals surface area contributed by atoms with Gasteiger partial charge in [0.2, 0.25) is 5.91 Å². The number of amides is 1. The van der Waals surface area contributed by atoms with Gasteiger partial charge in [-0.05, 0) is 25.0 Å². The molecule has 1 amide bonds. The van der Waals surface area contributed by atoms with E-state index in [1.807, 2.05) is 32.0 Å². The maximum Gasteiger partial charge on any atom is 0.221 e. The van der Waals surface area contributed by atoms with E-state index in [2.05, 4.69) is 10.6 Å². The standard InChI is InChI=1S/C13H21N3O/c1-3-8-15-12(17)7-9-16-13-10(2)5-4-6-11(13)14/h4-6,16H,3,7-9,14H2,1-2H3,(H,15,17). The van der Waals surface area contributed by atoms with Crippen LogP contribution in [0.3, 0.4) is 0 Å². The minimum atomic E-state index is 0.0755. The Balaban J connectivity index is 2.38. The number of aryl methyl sites for hydroxylation is 1. The highest BCUT2D eigenvalue weighted by Gasteiger charge is 2.03. The SMILES string of the molecule is CCCNC(=O)CCNc1c(C)cccc1N. The maximum atomic E-state index is 11.4. The summed E-state index contributed by atoms with van der Waals surface area (Å²) in [7, 11) is 0. The number of carbonyl (C=O) groups is 1. The second-order valence-corrected chi connectivity index (χ2v) is 4.07. The fourth-order valence-electron chi connectivity index (χ4n) is 1.59. The molecule has 0 saturated heterocycles. The van der Waals surface area contributed by atoms with Crippen LogP contribution in [-0.4, -0.2) is 19.0 Å². The topological polar surface area (TPSA) is 67.2 Å². The molecule has 1 aromatic carbocycles. The van der Waals surface area contributed by atoms with Gasteiger partial charge in [0, 0.05) is 19.5 Å². The summed E-state index contributed by atoms with van der Waals surface area (Å²) in [5.74, 6) is 0.0755. The van der Waals surface area contributed by atoms with Gasteiger partial charge in [-0.25, -0.2) is 0 Å². The molecule has 4 N–H and O–H groups in total. The van der Waals surface area contributed by atoms with Crippen LogP contribution in [-0.2, 0) is 4.79 Å². The van der Waals surface area contributed by atoms with Crippen molar-refractivity contribution in [2.75, 3.05) is 24.1 Å². The van der Waals surface area contributed by atoms with Crippen LogP contribution in [0, 0.1) is 6.92 Å². The van der Waals surface area contributed by atoms with Crippen molar-refractivity contribution in [1.29, 1.82) is 0 Å². The highest BCUT2D eigenvalue weighted by Crippen LogP contribution is 2.22. The van der Waals surface area contributed by atoms with Gasteiger partial charge >= 0.3 is 0 Å². The highest BCUT2D eigenvalue weighted by atomic mass is 16.1. The van der Waals surface area contributed by atoms with E-state index in [0.29, 0.717) is 13.0 Å². The van der Waals surface area contributed by atoms with Gasteiger partial charge < -0.3 is 16.4 Å². The number of nitrogen functional groups attached to an aromatic ring is 1. The average Bonchev–Trinajstić information content (AvgIpc) is 2.30. The largest absolute Gasteiger partial charge is 0.397 e. The Hall–Kier alpha value is -1.71. The molecule has 0 radical (unpaired) electrons. The van der Waals surface area contributed by atoms with E-state index < -0.39 is 0 Å². The summed E-state index contributed by atoms with van der Waals surface area (Å²) in [4.78, 5) is 11.4. The summed E-state index contributed by atoms with van der Waals surface area (Å²) < 4.78 is 0. The molecule has 0 aliphatic rings. The molecule has 4 heteroatoms. The van der Waals surface area contributed by atoms with Crippen LogP contribution in [0.4, 0.5) is 11.4 Å². The second-order valence-electron chi connectivity index (χ2n) is 4.07. The Bertz CT molecular complexity index is 357. The Morgan fingerprint density at radius 1 is 1.35 bits per heavy atom. The van der Waals surface area contributed by atoms with Crippen LogP contribution >= 0.6 is 0 Å². The predicted octanol–water partition coefficient (Wildman–Crippen LogP) is 1.91. The van der Waals surface area contributed by atoms with Gasteiger partial charge in [0.05, 0.1) is 11.4 Å². The first-order valence-electron chi connectivity index (χ1n) is 6.00. The minimum absolute atomic E-state index is 0.0755. The normalized spacial score (nSPS) is 10.0. The molecule has 0 aliphatic heterocycles. The highest BCUT2D eigenvalue weighted by molar-refractivity contribution is 5.77. The van der Waals surface area contributed by atoms with Crippen molar-refractivity contribution in [3.05, 3.63) is 23.8 Å². The van der Waals surface area contributed by atoms with E-state index in [0.717, 1.165) is 29.9 Å². The first-order chi connectivity index (χ1) is 8.15. The van der Waals surface area contributed by atoms with Crippen molar-refractivity contribution in [1.82, 2.24) is 5.32 Å².